The van der Waals surface area contributed by atoms with Gasteiger partial charge in [-0.1, -0.05) is 30.2 Å². The number of nitrogens with one attached hydrogen (secondary N) is 1. The van der Waals surface area contributed by atoms with E-state index in [0.29, 0.717) is 5.56 Å². The molecule has 3 heterocycles. The summed E-state index contributed by atoms with van der Waals surface area (Å²) in [4.78, 5) is 22.1. The van der Waals surface area contributed by atoms with E-state index in [2.05, 4.69) is 51.1 Å². The highest BCUT2D eigenvalue weighted by molar-refractivity contribution is 6.04. The molecule has 4 aromatic rings. The highest BCUT2D eigenvalue weighted by Crippen LogP contribution is 2.17. The second-order valence-electron chi connectivity index (χ2n) is 9.08. The lowest BCUT2D eigenvalue weighted by atomic mass is 10.1. The van der Waals surface area contributed by atoms with Gasteiger partial charge in [-0.25, -0.2) is 4.98 Å². The minimum Gasteiger partial charge on any atom is -0.322 e. The molecular weight excluding hydrogens is 434 g/mol. The molecule has 0 saturated carbocycles. The first-order valence-corrected chi connectivity index (χ1v) is 11.9. The third-order valence-electron chi connectivity index (χ3n) is 6.46. The molecule has 35 heavy (non-hydrogen) atoms. The van der Waals surface area contributed by atoms with E-state index in [1.807, 2.05) is 66.1 Å². The van der Waals surface area contributed by atoms with Crippen LogP contribution in [0.15, 0.2) is 73.1 Å². The minimum absolute atomic E-state index is 0.124. The van der Waals surface area contributed by atoms with Crippen LogP contribution in [-0.4, -0.2) is 58.3 Å². The van der Waals surface area contributed by atoms with Gasteiger partial charge in [0.1, 0.15) is 11.3 Å². The van der Waals surface area contributed by atoms with Crippen LogP contribution in [0.3, 0.4) is 0 Å². The number of carbonyl (C=O) groups is 1. The van der Waals surface area contributed by atoms with Crippen molar-refractivity contribution < 1.29 is 4.79 Å². The minimum atomic E-state index is -0.124. The van der Waals surface area contributed by atoms with Gasteiger partial charge in [-0.15, -0.1) is 0 Å². The molecule has 1 saturated heterocycles. The molecule has 6 heteroatoms. The van der Waals surface area contributed by atoms with Crippen molar-refractivity contribution in [1.29, 1.82) is 0 Å². The maximum atomic E-state index is 12.9. The second-order valence-corrected chi connectivity index (χ2v) is 9.08. The van der Waals surface area contributed by atoms with E-state index in [-0.39, 0.29) is 5.91 Å². The van der Waals surface area contributed by atoms with Crippen molar-refractivity contribution in [2.75, 3.05) is 38.5 Å². The van der Waals surface area contributed by atoms with Crippen molar-refractivity contribution in [3.8, 4) is 11.8 Å². The molecular formula is C29H29N5O. The number of likely N-dealkylation sites (N-methyl/N-ethyl adjacent to an activating group) is 1. The van der Waals surface area contributed by atoms with Gasteiger partial charge >= 0.3 is 0 Å². The van der Waals surface area contributed by atoms with Gasteiger partial charge in [0.2, 0.25) is 0 Å². The summed E-state index contributed by atoms with van der Waals surface area (Å²) in [6.07, 6.45) is 3.73. The van der Waals surface area contributed by atoms with Crippen molar-refractivity contribution in [3.63, 3.8) is 0 Å². The smallest absolute Gasteiger partial charge is 0.255 e. The predicted octanol–water partition coefficient (Wildman–Crippen LogP) is 4.04. The van der Waals surface area contributed by atoms with E-state index < -0.39 is 0 Å². The SMILES string of the molecule is Cc1ccc(NC(=O)c2ccc(CN3CCN(C)CC3)cc2)cc1C#Cc1cnc2ccccn12. The number of aryl methyl sites for hydroxylation is 1. The first-order valence-electron chi connectivity index (χ1n) is 11.9. The molecule has 0 bridgehead atoms. The lowest BCUT2D eigenvalue weighted by molar-refractivity contribution is 0.102. The summed E-state index contributed by atoms with van der Waals surface area (Å²) in [5.41, 5.74) is 6.21. The van der Waals surface area contributed by atoms with Crippen molar-refractivity contribution in [2.45, 2.75) is 13.5 Å². The normalized spacial score (nSPS) is 14.5. The number of benzene rings is 2. The molecule has 2 aromatic carbocycles. The molecule has 1 fully saturated rings. The van der Waals surface area contributed by atoms with E-state index in [9.17, 15) is 4.79 Å². The number of piperazine rings is 1. The monoisotopic (exact) mass is 463 g/mol. The fraction of sp³-hybridized carbons (Fsp3) is 0.241. The molecule has 6 nitrogen and oxygen atoms in total. The Bertz CT molecular complexity index is 1400. The van der Waals surface area contributed by atoms with Crippen molar-refractivity contribution in [3.05, 3.63) is 101 Å². The Hall–Kier alpha value is -3.92. The van der Waals surface area contributed by atoms with Crippen molar-refractivity contribution in [2.24, 2.45) is 0 Å². The van der Waals surface area contributed by atoms with Crippen molar-refractivity contribution in [1.82, 2.24) is 19.2 Å². The average Bonchev–Trinajstić information content (AvgIpc) is 3.29. The van der Waals surface area contributed by atoms with Crippen LogP contribution in [0.2, 0.25) is 0 Å². The number of fused-ring (bicyclic) bond motifs is 1. The van der Waals surface area contributed by atoms with Gasteiger partial charge in [0.05, 0.1) is 6.20 Å². The molecule has 1 aliphatic heterocycles. The van der Waals surface area contributed by atoms with Crippen LogP contribution in [0.1, 0.15) is 32.7 Å². The largest absolute Gasteiger partial charge is 0.322 e. The van der Waals surface area contributed by atoms with Crippen LogP contribution in [0.5, 0.6) is 0 Å². The topological polar surface area (TPSA) is 52.9 Å². The molecule has 0 spiro atoms. The molecule has 0 atom stereocenters. The Morgan fingerprint density at radius 3 is 2.60 bits per heavy atom. The summed E-state index contributed by atoms with van der Waals surface area (Å²) in [5, 5.41) is 3.01. The molecule has 0 unspecified atom stereocenters. The number of rotatable bonds is 4. The van der Waals surface area contributed by atoms with Gasteiger partial charge in [-0.2, -0.15) is 0 Å². The van der Waals surface area contributed by atoms with Crippen molar-refractivity contribution >= 4 is 17.2 Å². The molecule has 0 aliphatic carbocycles. The lowest BCUT2D eigenvalue weighted by Gasteiger charge is -2.32. The molecule has 0 radical (unpaired) electrons. The van der Waals surface area contributed by atoms with Crippen LogP contribution >= 0.6 is 0 Å². The van der Waals surface area contributed by atoms with Gasteiger partial charge in [-0.05, 0) is 67.4 Å². The van der Waals surface area contributed by atoms with Gasteiger partial charge in [0.25, 0.3) is 5.91 Å². The van der Waals surface area contributed by atoms with Crippen LogP contribution < -0.4 is 5.32 Å². The van der Waals surface area contributed by atoms with Crippen LogP contribution in [0, 0.1) is 18.8 Å². The maximum Gasteiger partial charge on any atom is 0.255 e. The molecule has 5 rings (SSSR count). The number of imidazole rings is 1. The number of amides is 1. The number of aromatic nitrogens is 2. The fourth-order valence-corrected chi connectivity index (χ4v) is 4.22. The second kappa shape index (κ2) is 10.1. The van der Waals surface area contributed by atoms with E-state index >= 15 is 0 Å². The fourth-order valence-electron chi connectivity index (χ4n) is 4.22. The standard InChI is InChI=1S/C29H29N5O/c1-22-6-12-26(19-25(22)11-13-27-20-30-28-5-3-4-14-34(27)28)31-29(35)24-9-7-23(8-10-24)21-33-17-15-32(2)16-18-33/h3-10,12,14,19-20H,15-18,21H2,1-2H3,(H,31,35). The lowest BCUT2D eigenvalue weighted by Crippen LogP contribution is -2.43. The molecule has 1 aliphatic rings. The summed E-state index contributed by atoms with van der Waals surface area (Å²) in [5.74, 6) is 6.33. The molecule has 1 amide bonds. The van der Waals surface area contributed by atoms with E-state index in [1.165, 1.54) is 5.56 Å². The quantitative estimate of drug-likeness (QED) is 0.464. The summed E-state index contributed by atoms with van der Waals surface area (Å²) in [7, 11) is 2.16. The number of hydrogen-bond donors (Lipinski definition) is 1. The third-order valence-corrected chi connectivity index (χ3v) is 6.46. The van der Waals surface area contributed by atoms with Gasteiger partial charge in [0, 0.05) is 55.7 Å². The van der Waals surface area contributed by atoms with Crippen LogP contribution in [-0.2, 0) is 6.54 Å². The molecule has 2 aromatic heterocycles. The zero-order valence-corrected chi connectivity index (χ0v) is 20.2. The highest BCUT2D eigenvalue weighted by atomic mass is 16.1. The van der Waals surface area contributed by atoms with Gasteiger partial charge < -0.3 is 10.2 Å². The Labute approximate surface area is 206 Å². The number of nitrogens with zero attached hydrogens (tertiary/aromatic N) is 4. The van der Waals surface area contributed by atoms with Gasteiger partial charge in [0.15, 0.2) is 0 Å². The maximum absolute atomic E-state index is 12.9. The summed E-state index contributed by atoms with van der Waals surface area (Å²) in [6, 6.07) is 19.6. The molecule has 1 N–H and O–H groups in total. The first-order chi connectivity index (χ1) is 17.0. The van der Waals surface area contributed by atoms with Gasteiger partial charge in [-0.3, -0.25) is 14.1 Å². The number of hydrogen-bond acceptors (Lipinski definition) is 4. The van der Waals surface area contributed by atoms with Crippen LogP contribution in [0.4, 0.5) is 5.69 Å². The third kappa shape index (κ3) is 5.43. The number of pyridine rings is 1. The molecule has 176 valence electrons. The van der Waals surface area contributed by atoms with E-state index in [4.69, 9.17) is 0 Å². The summed E-state index contributed by atoms with van der Waals surface area (Å²) < 4.78 is 1.96. The summed E-state index contributed by atoms with van der Waals surface area (Å²) in [6.45, 7) is 7.29. The van der Waals surface area contributed by atoms with Crippen LogP contribution in [0.25, 0.3) is 5.65 Å². The van der Waals surface area contributed by atoms with E-state index in [1.54, 1.807) is 6.20 Å². The number of carbonyl (C=O) groups excluding carboxylic acids is 1. The average molecular weight is 464 g/mol. The first kappa shape index (κ1) is 22.9. The predicted molar refractivity (Wildman–Crippen MR) is 140 cm³/mol. The highest BCUT2D eigenvalue weighted by Gasteiger charge is 2.14. The zero-order valence-electron chi connectivity index (χ0n) is 20.2. The Morgan fingerprint density at radius 2 is 1.80 bits per heavy atom. The number of anilines is 1. The van der Waals surface area contributed by atoms with E-state index in [0.717, 1.165) is 60.9 Å². The Morgan fingerprint density at radius 1 is 1.00 bits per heavy atom. The zero-order chi connectivity index (χ0) is 24.2. The summed E-state index contributed by atoms with van der Waals surface area (Å²) >= 11 is 0. The Kier molecular flexibility index (Phi) is 6.62. The Balaban J connectivity index is 1.26.